The van der Waals surface area contributed by atoms with Crippen molar-refractivity contribution in [3.63, 3.8) is 0 Å². The Kier molecular flexibility index (Phi) is 6.88. The molecule has 6 nitrogen and oxygen atoms in total. The number of likely N-dealkylation sites (N-methyl/N-ethyl adjacent to an activating group) is 1. The molecule has 0 aliphatic carbocycles. The summed E-state index contributed by atoms with van der Waals surface area (Å²) in [6.07, 6.45) is 0.410. The first-order valence-electron chi connectivity index (χ1n) is 9.45. The zero-order chi connectivity index (χ0) is 20.1. The normalized spacial score (nSPS) is 12.4. The summed E-state index contributed by atoms with van der Waals surface area (Å²) in [4.78, 5) is 35.7. The van der Waals surface area contributed by atoms with E-state index in [2.05, 4.69) is 15.3 Å². The van der Waals surface area contributed by atoms with Gasteiger partial charge in [0.2, 0.25) is 11.8 Å². The molecule has 0 aliphatic rings. The Morgan fingerprint density at radius 3 is 2.41 bits per heavy atom. The Bertz CT molecular complexity index is 817. The van der Waals surface area contributed by atoms with Crippen LogP contribution in [0.25, 0.3) is 10.9 Å². The maximum Gasteiger partial charge on any atom is 0.245 e. The number of fused-ring (bicyclic) bond motifs is 1. The summed E-state index contributed by atoms with van der Waals surface area (Å²) >= 11 is 0. The molecule has 6 heteroatoms. The molecule has 0 saturated heterocycles. The molecule has 0 radical (unpaired) electrons. The summed E-state index contributed by atoms with van der Waals surface area (Å²) in [5.41, 5.74) is 1.76. The van der Waals surface area contributed by atoms with E-state index in [1.807, 2.05) is 58.9 Å². The molecule has 1 aromatic heterocycles. The molecular weight excluding hydrogens is 340 g/mol. The third kappa shape index (κ3) is 5.49. The van der Waals surface area contributed by atoms with Crippen LogP contribution in [0.5, 0.6) is 0 Å². The second kappa shape index (κ2) is 8.93. The molecule has 0 fully saturated rings. The number of nitrogens with one attached hydrogen (secondary N) is 1. The summed E-state index contributed by atoms with van der Waals surface area (Å²) in [7, 11) is 1.72. The van der Waals surface area contributed by atoms with Gasteiger partial charge in [0, 0.05) is 24.5 Å². The number of nitrogens with zero attached hydrogens (tertiary/aromatic N) is 3. The van der Waals surface area contributed by atoms with E-state index in [4.69, 9.17) is 0 Å². The predicted molar refractivity (Wildman–Crippen MR) is 107 cm³/mol. The second-order valence-electron chi connectivity index (χ2n) is 7.82. The van der Waals surface area contributed by atoms with Crippen molar-refractivity contribution in [3.8, 4) is 0 Å². The minimum atomic E-state index is -0.553. The maximum atomic E-state index is 12.9. The highest BCUT2D eigenvalue weighted by atomic mass is 16.2. The third-order valence-electron chi connectivity index (χ3n) is 4.44. The van der Waals surface area contributed by atoms with Crippen molar-refractivity contribution in [2.75, 3.05) is 7.05 Å². The molecular formula is C21H30N4O2. The maximum absolute atomic E-state index is 12.9. The molecule has 1 aromatic carbocycles. The van der Waals surface area contributed by atoms with Gasteiger partial charge in [0.15, 0.2) is 0 Å². The molecule has 2 amide bonds. The highest BCUT2D eigenvalue weighted by Gasteiger charge is 2.27. The molecule has 0 bridgehead atoms. The van der Waals surface area contributed by atoms with Gasteiger partial charge in [-0.3, -0.25) is 9.59 Å². The fourth-order valence-electron chi connectivity index (χ4n) is 3.01. The van der Waals surface area contributed by atoms with E-state index in [-0.39, 0.29) is 23.7 Å². The molecule has 1 unspecified atom stereocenters. The van der Waals surface area contributed by atoms with Gasteiger partial charge in [-0.15, -0.1) is 0 Å². The molecule has 2 rings (SSSR count). The summed E-state index contributed by atoms with van der Waals surface area (Å²) in [6.45, 7) is 10.1. The Labute approximate surface area is 161 Å². The van der Waals surface area contributed by atoms with E-state index in [1.54, 1.807) is 11.9 Å². The zero-order valence-electron chi connectivity index (χ0n) is 17.1. The first kappa shape index (κ1) is 20.8. The van der Waals surface area contributed by atoms with Crippen molar-refractivity contribution >= 4 is 22.7 Å². The van der Waals surface area contributed by atoms with Gasteiger partial charge in [0.25, 0.3) is 0 Å². The monoisotopic (exact) mass is 370 g/mol. The Balaban J connectivity index is 2.14. The van der Waals surface area contributed by atoms with Crippen molar-refractivity contribution in [1.82, 2.24) is 20.2 Å². The molecule has 0 aliphatic heterocycles. The van der Waals surface area contributed by atoms with Gasteiger partial charge in [0.1, 0.15) is 11.9 Å². The lowest BCUT2D eigenvalue weighted by molar-refractivity contribution is -0.137. The lowest BCUT2D eigenvalue weighted by Gasteiger charge is -2.27. The van der Waals surface area contributed by atoms with Crippen LogP contribution < -0.4 is 5.32 Å². The van der Waals surface area contributed by atoms with Crippen molar-refractivity contribution < 1.29 is 9.59 Å². The number of aromatic nitrogens is 2. The Morgan fingerprint density at radius 2 is 1.78 bits per heavy atom. The van der Waals surface area contributed by atoms with Gasteiger partial charge in [-0.25, -0.2) is 9.97 Å². The number of hydrogen-bond acceptors (Lipinski definition) is 4. The zero-order valence-corrected chi connectivity index (χ0v) is 17.1. The molecule has 1 N–H and O–H groups in total. The molecule has 146 valence electrons. The molecule has 0 spiro atoms. The average molecular weight is 370 g/mol. The van der Waals surface area contributed by atoms with Gasteiger partial charge in [-0.1, -0.05) is 45.9 Å². The SMILES string of the molecule is Cc1nc(CN(C)C(=O)C(NC(=O)CC(C)C)C(C)C)nc2ccccc12. The number of carbonyl (C=O) groups is 2. The first-order chi connectivity index (χ1) is 12.7. The van der Waals surface area contributed by atoms with Crippen LogP contribution in [0, 0.1) is 18.8 Å². The largest absolute Gasteiger partial charge is 0.344 e. The fraction of sp³-hybridized carbons (Fsp3) is 0.524. The van der Waals surface area contributed by atoms with Gasteiger partial charge in [-0.2, -0.15) is 0 Å². The highest BCUT2D eigenvalue weighted by Crippen LogP contribution is 2.16. The summed E-state index contributed by atoms with van der Waals surface area (Å²) in [6, 6.07) is 7.27. The second-order valence-corrected chi connectivity index (χ2v) is 7.82. The van der Waals surface area contributed by atoms with Crippen molar-refractivity contribution in [2.24, 2.45) is 11.8 Å². The number of aryl methyl sites for hydroxylation is 1. The van der Waals surface area contributed by atoms with Crippen LogP contribution in [0.2, 0.25) is 0 Å². The average Bonchev–Trinajstić information content (AvgIpc) is 2.58. The molecule has 0 saturated carbocycles. The Morgan fingerprint density at radius 1 is 1.11 bits per heavy atom. The van der Waals surface area contributed by atoms with E-state index >= 15 is 0 Å². The van der Waals surface area contributed by atoms with E-state index in [0.29, 0.717) is 18.8 Å². The van der Waals surface area contributed by atoms with Crippen molar-refractivity contribution in [1.29, 1.82) is 0 Å². The number of amides is 2. The van der Waals surface area contributed by atoms with Crippen LogP contribution in [0.3, 0.4) is 0 Å². The molecule has 1 atom stereocenters. The topological polar surface area (TPSA) is 75.2 Å². The summed E-state index contributed by atoms with van der Waals surface area (Å²) in [5, 5.41) is 3.89. The van der Waals surface area contributed by atoms with Crippen LogP contribution in [0.15, 0.2) is 24.3 Å². The number of hydrogen-bond donors (Lipinski definition) is 1. The minimum Gasteiger partial charge on any atom is -0.344 e. The van der Waals surface area contributed by atoms with Gasteiger partial charge in [0.05, 0.1) is 12.1 Å². The third-order valence-corrected chi connectivity index (χ3v) is 4.44. The van der Waals surface area contributed by atoms with Crippen molar-refractivity contribution in [2.45, 2.75) is 53.6 Å². The van der Waals surface area contributed by atoms with E-state index in [9.17, 15) is 9.59 Å². The van der Waals surface area contributed by atoms with Crippen LogP contribution in [-0.2, 0) is 16.1 Å². The van der Waals surface area contributed by atoms with Gasteiger partial charge < -0.3 is 10.2 Å². The quantitative estimate of drug-likeness (QED) is 0.813. The number of carbonyl (C=O) groups excluding carboxylic acids is 2. The van der Waals surface area contributed by atoms with Crippen LogP contribution in [0.1, 0.15) is 45.6 Å². The summed E-state index contributed by atoms with van der Waals surface area (Å²) < 4.78 is 0. The molecule has 2 aromatic rings. The van der Waals surface area contributed by atoms with Gasteiger partial charge >= 0.3 is 0 Å². The standard InChI is InChI=1S/C21H30N4O2/c1-13(2)11-19(26)24-20(14(3)4)21(27)25(6)12-18-22-15(5)16-9-7-8-10-17(16)23-18/h7-10,13-14,20H,11-12H2,1-6H3,(H,24,26). The number of para-hydroxylation sites is 1. The summed E-state index contributed by atoms with van der Waals surface area (Å²) in [5.74, 6) is 0.618. The van der Waals surface area contributed by atoms with E-state index < -0.39 is 6.04 Å². The first-order valence-corrected chi connectivity index (χ1v) is 9.45. The fourth-order valence-corrected chi connectivity index (χ4v) is 3.01. The molecule has 1 heterocycles. The van der Waals surface area contributed by atoms with E-state index in [0.717, 1.165) is 16.6 Å². The van der Waals surface area contributed by atoms with Crippen LogP contribution in [-0.4, -0.2) is 39.8 Å². The predicted octanol–water partition coefficient (Wildman–Crippen LogP) is 3.08. The van der Waals surface area contributed by atoms with Crippen molar-refractivity contribution in [3.05, 3.63) is 35.8 Å². The smallest absolute Gasteiger partial charge is 0.245 e. The van der Waals surface area contributed by atoms with Crippen LogP contribution >= 0.6 is 0 Å². The van der Waals surface area contributed by atoms with Crippen LogP contribution in [0.4, 0.5) is 0 Å². The molecule has 27 heavy (non-hydrogen) atoms. The number of benzene rings is 1. The lowest BCUT2D eigenvalue weighted by atomic mass is 10.0. The number of rotatable bonds is 7. The minimum absolute atomic E-state index is 0.00433. The van der Waals surface area contributed by atoms with Gasteiger partial charge in [-0.05, 0) is 24.8 Å². The highest BCUT2D eigenvalue weighted by molar-refractivity contribution is 5.88. The Hall–Kier alpha value is -2.50. The van der Waals surface area contributed by atoms with E-state index in [1.165, 1.54) is 0 Å². The lowest BCUT2D eigenvalue weighted by Crippen LogP contribution is -2.50.